The molecule has 0 bridgehead atoms. The van der Waals surface area contributed by atoms with Gasteiger partial charge in [-0.25, -0.2) is 8.42 Å². The van der Waals surface area contributed by atoms with Gasteiger partial charge in [0.1, 0.15) is 4.90 Å². The fraction of sp³-hybridized carbons (Fsp3) is 0.625. The fourth-order valence-electron chi connectivity index (χ4n) is 2.98. The van der Waals surface area contributed by atoms with Crippen molar-refractivity contribution >= 4 is 21.2 Å². The Morgan fingerprint density at radius 1 is 1.25 bits per heavy atom. The van der Waals surface area contributed by atoms with Gasteiger partial charge in [0.25, 0.3) is 5.69 Å². The van der Waals surface area contributed by atoms with Crippen LogP contribution in [-0.4, -0.2) is 49.2 Å². The van der Waals surface area contributed by atoms with Crippen LogP contribution in [0.5, 0.6) is 0 Å². The van der Waals surface area contributed by atoms with Crippen molar-refractivity contribution in [2.45, 2.75) is 50.1 Å². The fourth-order valence-corrected chi connectivity index (χ4v) is 3.85. The number of hydrogen-bond acceptors (Lipinski definition) is 6. The van der Waals surface area contributed by atoms with Crippen LogP contribution in [0.15, 0.2) is 23.1 Å². The minimum atomic E-state index is -3.66. The molecule has 1 aliphatic heterocycles. The quantitative estimate of drug-likeness (QED) is 0.659. The van der Waals surface area contributed by atoms with Crippen LogP contribution in [0, 0.1) is 10.1 Å². The molecule has 7 nitrogen and oxygen atoms in total. The lowest BCUT2D eigenvalue weighted by Gasteiger charge is -2.41. The number of piperidine rings is 1. The monoisotopic (exact) mass is 355 g/mol. The van der Waals surface area contributed by atoms with Crippen LogP contribution >= 0.6 is 0 Å². The molecule has 0 saturated carbocycles. The van der Waals surface area contributed by atoms with Gasteiger partial charge in [0.05, 0.1) is 4.92 Å². The molecule has 2 rings (SSSR count). The van der Waals surface area contributed by atoms with Gasteiger partial charge in [0, 0.05) is 42.7 Å². The summed E-state index contributed by atoms with van der Waals surface area (Å²) >= 11 is 0. The van der Waals surface area contributed by atoms with Gasteiger partial charge in [0.2, 0.25) is 0 Å². The van der Waals surface area contributed by atoms with Gasteiger partial charge < -0.3 is 5.32 Å². The molecule has 1 fully saturated rings. The molecule has 0 atom stereocenters. The summed E-state index contributed by atoms with van der Waals surface area (Å²) in [6.45, 7) is 8.50. The van der Waals surface area contributed by atoms with E-state index in [-0.39, 0.29) is 22.2 Å². The first kappa shape index (κ1) is 18.7. The summed E-state index contributed by atoms with van der Waals surface area (Å²) in [4.78, 5) is 12.5. The van der Waals surface area contributed by atoms with Crippen molar-refractivity contribution in [2.75, 3.05) is 24.7 Å². The standard InChI is InChI=1S/C16H25N3O4S/c1-16(2,3)18-9-7-12(8-10-18)17-13-5-6-14(19(20)21)15(11-13)24(4,22)23/h5-6,11-12,17H,7-10H2,1-4H3. The van der Waals surface area contributed by atoms with Crippen LogP contribution in [0.2, 0.25) is 0 Å². The Hall–Kier alpha value is -1.67. The number of anilines is 1. The summed E-state index contributed by atoms with van der Waals surface area (Å²) in [5, 5.41) is 14.3. The molecule has 0 radical (unpaired) electrons. The normalized spacial score (nSPS) is 17.7. The van der Waals surface area contributed by atoms with Gasteiger partial charge in [-0.15, -0.1) is 0 Å². The summed E-state index contributed by atoms with van der Waals surface area (Å²) in [6.07, 6.45) is 2.88. The SMILES string of the molecule is CC(C)(C)N1CCC(Nc2ccc([N+](=O)[O-])c(S(C)(=O)=O)c2)CC1. The largest absolute Gasteiger partial charge is 0.382 e. The molecule has 0 spiro atoms. The second-order valence-electron chi connectivity index (χ2n) is 7.29. The van der Waals surface area contributed by atoms with Crippen LogP contribution in [0.4, 0.5) is 11.4 Å². The summed E-state index contributed by atoms with van der Waals surface area (Å²) in [6, 6.07) is 4.42. The molecule has 0 unspecified atom stereocenters. The maximum Gasteiger partial charge on any atom is 0.288 e. The summed E-state index contributed by atoms with van der Waals surface area (Å²) < 4.78 is 23.6. The van der Waals surface area contributed by atoms with Crippen LogP contribution in [0.1, 0.15) is 33.6 Å². The van der Waals surface area contributed by atoms with E-state index in [1.807, 2.05) is 0 Å². The van der Waals surface area contributed by atoms with Crippen LogP contribution in [0.3, 0.4) is 0 Å². The van der Waals surface area contributed by atoms with Crippen molar-refractivity contribution < 1.29 is 13.3 Å². The van der Waals surface area contributed by atoms with E-state index in [9.17, 15) is 18.5 Å². The maximum absolute atomic E-state index is 11.8. The number of hydrogen-bond donors (Lipinski definition) is 1. The van der Waals surface area contributed by atoms with Gasteiger partial charge in [-0.05, 0) is 45.7 Å². The molecule has 134 valence electrons. The Bertz CT molecular complexity index is 717. The minimum absolute atomic E-state index is 0.141. The first-order valence-electron chi connectivity index (χ1n) is 7.98. The predicted octanol–water partition coefficient (Wildman–Crippen LogP) is 2.67. The molecule has 1 heterocycles. The van der Waals surface area contributed by atoms with Crippen molar-refractivity contribution in [3.63, 3.8) is 0 Å². The molecule has 24 heavy (non-hydrogen) atoms. The Morgan fingerprint density at radius 3 is 2.29 bits per heavy atom. The van der Waals surface area contributed by atoms with Gasteiger partial charge >= 0.3 is 0 Å². The topological polar surface area (TPSA) is 92.5 Å². The molecule has 1 aromatic rings. The van der Waals surface area contributed by atoms with E-state index in [2.05, 4.69) is 31.0 Å². The number of benzene rings is 1. The highest BCUT2D eigenvalue weighted by atomic mass is 32.2. The van der Waals surface area contributed by atoms with Gasteiger partial charge in [-0.2, -0.15) is 0 Å². The molecule has 0 amide bonds. The molecule has 1 saturated heterocycles. The van der Waals surface area contributed by atoms with E-state index < -0.39 is 14.8 Å². The van der Waals surface area contributed by atoms with E-state index in [4.69, 9.17) is 0 Å². The molecule has 1 N–H and O–H groups in total. The average molecular weight is 355 g/mol. The molecular weight excluding hydrogens is 330 g/mol. The molecule has 1 aliphatic rings. The lowest BCUT2D eigenvalue weighted by Crippen LogP contribution is -2.48. The van der Waals surface area contributed by atoms with Crippen molar-refractivity contribution in [1.82, 2.24) is 4.90 Å². The Morgan fingerprint density at radius 2 is 1.83 bits per heavy atom. The first-order chi connectivity index (χ1) is 11.0. The second kappa shape index (κ2) is 6.68. The zero-order valence-corrected chi connectivity index (χ0v) is 15.4. The van der Waals surface area contributed by atoms with Crippen molar-refractivity contribution in [2.24, 2.45) is 0 Å². The van der Waals surface area contributed by atoms with Crippen LogP contribution in [0.25, 0.3) is 0 Å². The smallest absolute Gasteiger partial charge is 0.288 e. The van der Waals surface area contributed by atoms with Gasteiger partial charge in [0.15, 0.2) is 9.84 Å². The zero-order chi connectivity index (χ0) is 18.1. The van der Waals surface area contributed by atoms with E-state index in [0.29, 0.717) is 5.69 Å². The van der Waals surface area contributed by atoms with E-state index in [1.165, 1.54) is 12.1 Å². The van der Waals surface area contributed by atoms with Crippen LogP contribution in [-0.2, 0) is 9.84 Å². The third-order valence-corrected chi connectivity index (χ3v) is 5.50. The Balaban J connectivity index is 2.13. The number of likely N-dealkylation sites (tertiary alicyclic amines) is 1. The van der Waals surface area contributed by atoms with E-state index in [0.717, 1.165) is 32.2 Å². The first-order valence-corrected chi connectivity index (χ1v) is 9.88. The minimum Gasteiger partial charge on any atom is -0.382 e. The summed E-state index contributed by atoms with van der Waals surface area (Å²) in [7, 11) is -3.66. The van der Waals surface area contributed by atoms with Crippen molar-refractivity contribution in [3.05, 3.63) is 28.3 Å². The number of nitrogens with one attached hydrogen (secondary N) is 1. The van der Waals surface area contributed by atoms with Gasteiger partial charge in [-0.3, -0.25) is 15.0 Å². The van der Waals surface area contributed by atoms with Crippen molar-refractivity contribution in [3.8, 4) is 0 Å². The maximum atomic E-state index is 11.8. The third-order valence-electron chi connectivity index (χ3n) is 4.37. The Labute approximate surface area is 143 Å². The van der Waals surface area contributed by atoms with Crippen LogP contribution < -0.4 is 5.32 Å². The summed E-state index contributed by atoms with van der Waals surface area (Å²) in [5.41, 5.74) is 0.364. The Kier molecular flexibility index (Phi) is 5.19. The zero-order valence-electron chi connectivity index (χ0n) is 14.6. The molecular formula is C16H25N3O4S. The number of nitro groups is 1. The van der Waals surface area contributed by atoms with Gasteiger partial charge in [-0.1, -0.05) is 0 Å². The third kappa shape index (κ3) is 4.45. The molecule has 0 aromatic heterocycles. The predicted molar refractivity (Wildman–Crippen MR) is 94.2 cm³/mol. The highest BCUT2D eigenvalue weighted by Crippen LogP contribution is 2.29. The highest BCUT2D eigenvalue weighted by molar-refractivity contribution is 7.90. The second-order valence-corrected chi connectivity index (χ2v) is 9.27. The van der Waals surface area contributed by atoms with Crippen molar-refractivity contribution in [1.29, 1.82) is 0 Å². The molecule has 8 heteroatoms. The highest BCUT2D eigenvalue weighted by Gasteiger charge is 2.28. The van der Waals surface area contributed by atoms with E-state index >= 15 is 0 Å². The summed E-state index contributed by atoms with van der Waals surface area (Å²) in [5.74, 6) is 0. The van der Waals surface area contributed by atoms with E-state index in [1.54, 1.807) is 6.07 Å². The number of nitrogens with zero attached hydrogens (tertiary/aromatic N) is 2. The lowest BCUT2D eigenvalue weighted by molar-refractivity contribution is -0.387. The number of nitro benzene ring substituents is 1. The lowest BCUT2D eigenvalue weighted by atomic mass is 9.98. The molecule has 1 aromatic carbocycles. The number of sulfone groups is 1. The average Bonchev–Trinajstić information content (AvgIpc) is 2.45. The molecule has 0 aliphatic carbocycles. The number of rotatable bonds is 4.